The Labute approximate surface area is 210 Å². The lowest BCUT2D eigenvalue weighted by Gasteiger charge is -2.31. The summed E-state index contributed by atoms with van der Waals surface area (Å²) in [6, 6.07) is 3.80. The maximum absolute atomic E-state index is 13.3. The summed E-state index contributed by atoms with van der Waals surface area (Å²) < 4.78 is 15.3. The summed E-state index contributed by atoms with van der Waals surface area (Å²) in [6.45, 7) is 11.6. The van der Waals surface area contributed by atoms with Crippen LogP contribution in [0.2, 0.25) is 0 Å². The second kappa shape index (κ2) is 10.2. The summed E-state index contributed by atoms with van der Waals surface area (Å²) in [5, 5.41) is 14.0. The molecule has 0 saturated carbocycles. The van der Waals surface area contributed by atoms with Crippen molar-refractivity contribution < 1.29 is 14.1 Å². The van der Waals surface area contributed by atoms with E-state index in [0.717, 1.165) is 86.1 Å². The molecular weight excluding hydrogens is 464 g/mol. The molecule has 1 unspecified atom stereocenters. The highest BCUT2D eigenvalue weighted by Gasteiger charge is 2.27. The third kappa shape index (κ3) is 5.04. The summed E-state index contributed by atoms with van der Waals surface area (Å²) in [4.78, 5) is 15.6. The van der Waals surface area contributed by atoms with Gasteiger partial charge in [0.2, 0.25) is 5.95 Å². The molecule has 0 radical (unpaired) electrons. The van der Waals surface area contributed by atoms with E-state index in [2.05, 4.69) is 31.7 Å². The molecule has 188 valence electrons. The Kier molecular flexibility index (Phi) is 7.02. The maximum Gasteiger partial charge on any atom is 0.228 e. The van der Waals surface area contributed by atoms with Gasteiger partial charge >= 0.3 is 0 Å². The lowest BCUT2D eigenvalue weighted by Crippen LogP contribution is -2.35. The predicted molar refractivity (Wildman–Crippen MR) is 135 cm³/mol. The molecule has 0 N–H and O–H groups in total. The van der Waals surface area contributed by atoms with Gasteiger partial charge in [-0.3, -0.25) is 13.9 Å². The number of aromatic nitrogens is 5. The molecule has 0 aliphatic carbocycles. The molecule has 0 bridgehead atoms. The van der Waals surface area contributed by atoms with Crippen molar-refractivity contribution >= 4 is 23.5 Å². The van der Waals surface area contributed by atoms with E-state index >= 15 is 0 Å². The van der Waals surface area contributed by atoms with Crippen LogP contribution in [0.4, 0.5) is 5.95 Å². The number of thioether (sulfide) groups is 1. The molecular formula is C25H34N6O3S. The smallest absolute Gasteiger partial charge is 0.228 e. The van der Waals surface area contributed by atoms with Gasteiger partial charge in [-0.05, 0) is 58.4 Å². The van der Waals surface area contributed by atoms with E-state index in [0.29, 0.717) is 17.1 Å². The second-order valence-corrected chi connectivity index (χ2v) is 10.8. The van der Waals surface area contributed by atoms with Crippen molar-refractivity contribution in [3.63, 3.8) is 0 Å². The van der Waals surface area contributed by atoms with E-state index in [1.165, 1.54) is 11.8 Å². The third-order valence-electron chi connectivity index (χ3n) is 7.08. The van der Waals surface area contributed by atoms with Crippen LogP contribution in [-0.2, 0) is 11.3 Å². The average Bonchev–Trinajstić information content (AvgIpc) is 3.63. The molecule has 2 aliphatic heterocycles. The van der Waals surface area contributed by atoms with Gasteiger partial charge in [0.15, 0.2) is 16.8 Å². The molecule has 2 aliphatic rings. The van der Waals surface area contributed by atoms with Gasteiger partial charge in [0, 0.05) is 42.7 Å². The number of ketones is 1. The number of anilines is 1. The van der Waals surface area contributed by atoms with E-state index in [9.17, 15) is 4.79 Å². The number of Topliss-reactive ketones (excluding diaryl/α,β-unsaturated/α-hetero) is 1. The number of carbonyl (C=O) groups excluding carboxylic acids is 1. The first-order valence-corrected chi connectivity index (χ1v) is 13.5. The van der Waals surface area contributed by atoms with Crippen molar-refractivity contribution in [3.8, 4) is 5.82 Å². The Morgan fingerprint density at radius 2 is 1.94 bits per heavy atom. The van der Waals surface area contributed by atoms with Crippen LogP contribution in [0.3, 0.4) is 0 Å². The Bertz CT molecular complexity index is 1180. The molecule has 35 heavy (non-hydrogen) atoms. The first kappa shape index (κ1) is 24.1. The lowest BCUT2D eigenvalue weighted by molar-refractivity contribution is 0.0951. The Hall–Kier alpha value is -2.59. The molecule has 5 heterocycles. The van der Waals surface area contributed by atoms with Crippen LogP contribution < -0.4 is 4.90 Å². The van der Waals surface area contributed by atoms with Crippen LogP contribution in [-0.4, -0.2) is 61.8 Å². The molecule has 2 saturated heterocycles. The van der Waals surface area contributed by atoms with Gasteiger partial charge in [-0.2, -0.15) is 0 Å². The zero-order chi connectivity index (χ0) is 24.5. The summed E-state index contributed by atoms with van der Waals surface area (Å²) in [7, 11) is 0. The monoisotopic (exact) mass is 498 g/mol. The fourth-order valence-electron chi connectivity index (χ4n) is 5.05. The van der Waals surface area contributed by atoms with Gasteiger partial charge in [0.25, 0.3) is 0 Å². The first-order chi connectivity index (χ1) is 16.9. The van der Waals surface area contributed by atoms with Gasteiger partial charge in [-0.15, -0.1) is 10.2 Å². The van der Waals surface area contributed by atoms with Crippen LogP contribution in [0.5, 0.6) is 0 Å². The normalized spacial score (nSPS) is 19.1. The van der Waals surface area contributed by atoms with Crippen LogP contribution in [0.15, 0.2) is 21.8 Å². The van der Waals surface area contributed by atoms with Crippen molar-refractivity contribution in [2.45, 2.75) is 71.2 Å². The second-order valence-electron chi connectivity index (χ2n) is 9.83. The minimum Gasteiger partial charge on any atom is -0.376 e. The van der Waals surface area contributed by atoms with Crippen molar-refractivity contribution in [2.75, 3.05) is 30.3 Å². The molecule has 1 atom stereocenters. The van der Waals surface area contributed by atoms with Gasteiger partial charge in [-0.1, -0.05) is 23.8 Å². The molecule has 10 heteroatoms. The number of nitrogens with zero attached hydrogens (tertiary/aromatic N) is 6. The van der Waals surface area contributed by atoms with Crippen LogP contribution in [0, 0.1) is 26.7 Å². The molecule has 0 amide bonds. The zero-order valence-electron chi connectivity index (χ0n) is 21.0. The Balaban J connectivity index is 1.34. The summed E-state index contributed by atoms with van der Waals surface area (Å²) in [6.07, 6.45) is 4.63. The number of hydrogen-bond donors (Lipinski definition) is 0. The Morgan fingerprint density at radius 1 is 1.14 bits per heavy atom. The van der Waals surface area contributed by atoms with E-state index in [1.54, 1.807) is 0 Å². The number of rotatable bonds is 8. The highest BCUT2D eigenvalue weighted by Crippen LogP contribution is 2.29. The average molecular weight is 499 g/mol. The topological polar surface area (TPSA) is 91.2 Å². The molecule has 2 fully saturated rings. The lowest BCUT2D eigenvalue weighted by atomic mass is 10.00. The fourth-order valence-corrected chi connectivity index (χ4v) is 5.87. The van der Waals surface area contributed by atoms with Gasteiger partial charge in [-0.25, -0.2) is 0 Å². The van der Waals surface area contributed by atoms with Gasteiger partial charge in [0.05, 0.1) is 18.4 Å². The summed E-state index contributed by atoms with van der Waals surface area (Å²) >= 11 is 1.46. The van der Waals surface area contributed by atoms with Crippen LogP contribution in [0.25, 0.3) is 5.82 Å². The van der Waals surface area contributed by atoms with Gasteiger partial charge in [0.1, 0.15) is 5.76 Å². The van der Waals surface area contributed by atoms with Crippen LogP contribution >= 0.6 is 11.8 Å². The number of carbonyl (C=O) groups is 1. The zero-order valence-corrected chi connectivity index (χ0v) is 21.8. The SMILES string of the molecule is Cc1cc(-n2c(C)cc(C(=O)CSc3nnc(N4CCC(C)CC4)n3CC3CCCO3)c2C)no1. The number of aryl methyl sites for hydroxylation is 2. The molecule has 9 nitrogen and oxygen atoms in total. The van der Waals surface area contributed by atoms with E-state index < -0.39 is 0 Å². The van der Waals surface area contributed by atoms with Crippen molar-refractivity contribution in [1.29, 1.82) is 0 Å². The van der Waals surface area contributed by atoms with Crippen molar-refractivity contribution in [1.82, 2.24) is 24.5 Å². The number of ether oxygens (including phenoxy) is 1. The van der Waals surface area contributed by atoms with E-state index in [4.69, 9.17) is 9.26 Å². The molecule has 3 aromatic heterocycles. The fraction of sp³-hybridized carbons (Fsp3) is 0.600. The van der Waals surface area contributed by atoms with Crippen LogP contribution in [0.1, 0.15) is 60.1 Å². The third-order valence-corrected chi connectivity index (χ3v) is 8.05. The van der Waals surface area contributed by atoms with Crippen molar-refractivity contribution in [3.05, 3.63) is 34.8 Å². The first-order valence-electron chi connectivity index (χ1n) is 12.5. The van der Waals surface area contributed by atoms with E-state index in [-0.39, 0.29) is 11.9 Å². The highest BCUT2D eigenvalue weighted by molar-refractivity contribution is 7.99. The molecule has 0 spiro atoms. The summed E-state index contributed by atoms with van der Waals surface area (Å²) in [5.74, 6) is 3.44. The van der Waals surface area contributed by atoms with Crippen molar-refractivity contribution in [2.24, 2.45) is 5.92 Å². The highest BCUT2D eigenvalue weighted by atomic mass is 32.2. The Morgan fingerprint density at radius 3 is 2.63 bits per heavy atom. The predicted octanol–water partition coefficient (Wildman–Crippen LogP) is 4.37. The largest absolute Gasteiger partial charge is 0.376 e. The number of piperidine rings is 1. The quantitative estimate of drug-likeness (QED) is 0.334. The standard InChI is InChI=1S/C25H34N6O3S/c1-16-7-9-29(10-8-16)24-26-27-25(30(24)14-20-6-5-11-33-20)35-15-22(32)21-12-17(2)31(19(21)4)23-13-18(3)34-28-23/h12-13,16,20H,5-11,14-15H2,1-4H3. The minimum absolute atomic E-state index is 0.0644. The maximum atomic E-state index is 13.3. The molecule has 5 rings (SSSR count). The number of hydrogen-bond acceptors (Lipinski definition) is 8. The summed E-state index contributed by atoms with van der Waals surface area (Å²) in [5.41, 5.74) is 2.52. The van der Waals surface area contributed by atoms with E-state index in [1.807, 2.05) is 37.5 Å². The minimum atomic E-state index is 0.0644. The molecule has 3 aromatic rings. The van der Waals surface area contributed by atoms with Gasteiger partial charge < -0.3 is 14.2 Å². The molecule has 0 aromatic carbocycles.